The monoisotopic (exact) mass is 99.0 g/mol. The van der Waals surface area contributed by atoms with Crippen LogP contribution in [-0.2, 0) is 9.53 Å². The lowest BCUT2D eigenvalue weighted by atomic mass is 10.1. The van der Waals surface area contributed by atoms with E-state index < -0.39 is 5.60 Å². The topological polar surface area (TPSA) is 29.6 Å². The van der Waals surface area contributed by atoms with E-state index in [0.29, 0.717) is 6.61 Å². The van der Waals surface area contributed by atoms with Crippen LogP contribution in [0, 0.1) is 0 Å². The van der Waals surface area contributed by atoms with Crippen LogP contribution >= 0.6 is 0 Å². The summed E-state index contributed by atoms with van der Waals surface area (Å²) in [4.78, 5) is 9.87. The Morgan fingerprint density at radius 3 is 2.57 bits per heavy atom. The van der Waals surface area contributed by atoms with E-state index in [4.69, 9.17) is 4.74 Å². The molecule has 0 spiro atoms. The van der Waals surface area contributed by atoms with Crippen molar-refractivity contribution in [1.82, 2.24) is 0 Å². The number of carbonyl (C=O) groups excluding carboxylic acids is 1. The van der Waals surface area contributed by atoms with Crippen LogP contribution in [0.15, 0.2) is 0 Å². The van der Waals surface area contributed by atoms with Gasteiger partial charge < -0.3 is 4.74 Å². The second-order valence-corrected chi connectivity index (χ2v) is 1.74. The molecule has 0 amide bonds. The van der Waals surface area contributed by atoms with E-state index in [9.17, 15) is 4.79 Å². The minimum atomic E-state index is -0.472. The zero-order valence-electron chi connectivity index (χ0n) is 4.23. The van der Waals surface area contributed by atoms with Crippen molar-refractivity contribution in [3.63, 3.8) is 0 Å². The number of ether oxygens (including phenoxy) is 1. The summed E-state index contributed by atoms with van der Waals surface area (Å²) in [6.07, 6.45) is 2.59. The first kappa shape index (κ1) is 4.78. The molecule has 0 aliphatic carbocycles. The highest BCUT2D eigenvalue weighted by atomic mass is 16.6. The molecule has 7 heavy (non-hydrogen) atoms. The van der Waals surface area contributed by atoms with Crippen molar-refractivity contribution in [2.45, 2.75) is 18.9 Å². The first-order chi connectivity index (χ1) is 3.33. The van der Waals surface area contributed by atoms with Gasteiger partial charge in [0.15, 0.2) is 5.60 Å². The molecule has 1 aliphatic rings. The fraction of sp³-hybridized carbons (Fsp3) is 0.800. The van der Waals surface area contributed by atoms with Gasteiger partial charge in [-0.2, -0.15) is 0 Å². The van der Waals surface area contributed by atoms with Crippen molar-refractivity contribution >= 4 is 6.29 Å². The second-order valence-electron chi connectivity index (χ2n) is 1.74. The van der Waals surface area contributed by atoms with E-state index >= 15 is 0 Å². The largest absolute Gasteiger partial charge is 0.361 e. The van der Waals surface area contributed by atoms with Gasteiger partial charge in [-0.1, -0.05) is 6.92 Å². The zero-order chi connectivity index (χ0) is 5.33. The van der Waals surface area contributed by atoms with Crippen LogP contribution in [0.3, 0.4) is 0 Å². The molecule has 39 valence electrons. The molecule has 1 saturated heterocycles. The highest BCUT2D eigenvalue weighted by Gasteiger charge is 2.43. The lowest BCUT2D eigenvalue weighted by Gasteiger charge is -1.89. The summed E-state index contributed by atoms with van der Waals surface area (Å²) in [5.41, 5.74) is -0.472. The van der Waals surface area contributed by atoms with Gasteiger partial charge in [-0.15, -0.1) is 0 Å². The van der Waals surface area contributed by atoms with Gasteiger partial charge in [-0.3, -0.25) is 4.79 Å². The van der Waals surface area contributed by atoms with E-state index in [1.54, 1.807) is 0 Å². The second kappa shape index (κ2) is 1.30. The number of hydrogen-bond donors (Lipinski definition) is 0. The summed E-state index contributed by atoms with van der Waals surface area (Å²) >= 11 is 0. The molecule has 2 nitrogen and oxygen atoms in total. The Morgan fingerprint density at radius 1 is 2.00 bits per heavy atom. The minimum absolute atomic E-state index is 0.472. The molecule has 1 atom stereocenters. The summed E-state index contributed by atoms with van der Waals surface area (Å²) in [5.74, 6) is 0. The van der Waals surface area contributed by atoms with Gasteiger partial charge in [0.25, 0.3) is 0 Å². The van der Waals surface area contributed by atoms with Gasteiger partial charge in [-0.05, 0) is 6.42 Å². The molecule has 1 heterocycles. The molecule has 0 aromatic rings. The summed E-state index contributed by atoms with van der Waals surface area (Å²) < 4.78 is 4.77. The van der Waals surface area contributed by atoms with Crippen molar-refractivity contribution in [3.8, 4) is 0 Å². The molecule has 0 unspecified atom stereocenters. The predicted molar refractivity (Wildman–Crippen MR) is 24.7 cm³/mol. The average Bonchev–Trinajstić information content (AvgIpc) is 2.46. The zero-order valence-corrected chi connectivity index (χ0v) is 4.23. The average molecular weight is 99.1 g/mol. The lowest BCUT2D eigenvalue weighted by Crippen LogP contribution is -2.09. The van der Waals surface area contributed by atoms with E-state index in [1.807, 2.05) is 13.2 Å². The molecule has 1 radical (unpaired) electrons. The maximum Gasteiger partial charge on any atom is 0.235 e. The molecule has 0 bridgehead atoms. The molecule has 0 saturated carbocycles. The van der Waals surface area contributed by atoms with E-state index in [1.165, 1.54) is 0 Å². The lowest BCUT2D eigenvalue weighted by molar-refractivity contribution is 0.348. The van der Waals surface area contributed by atoms with Crippen molar-refractivity contribution in [1.29, 1.82) is 0 Å². The summed E-state index contributed by atoms with van der Waals surface area (Å²) in [6.45, 7) is 2.49. The summed E-state index contributed by atoms with van der Waals surface area (Å²) in [6, 6.07) is 0. The highest BCUT2D eigenvalue weighted by Crippen LogP contribution is 2.26. The molecule has 1 aliphatic heterocycles. The Morgan fingerprint density at radius 2 is 2.57 bits per heavy atom. The van der Waals surface area contributed by atoms with Gasteiger partial charge in [0.1, 0.15) is 0 Å². The van der Waals surface area contributed by atoms with Crippen LogP contribution in [0.2, 0.25) is 0 Å². The quantitative estimate of drug-likeness (QED) is 0.465. The van der Waals surface area contributed by atoms with E-state index in [0.717, 1.165) is 6.42 Å². The Hall–Kier alpha value is -0.370. The van der Waals surface area contributed by atoms with Crippen LogP contribution < -0.4 is 0 Å². The number of hydrogen-bond acceptors (Lipinski definition) is 2. The van der Waals surface area contributed by atoms with Crippen LogP contribution in [0.25, 0.3) is 0 Å². The van der Waals surface area contributed by atoms with Crippen LogP contribution in [0.5, 0.6) is 0 Å². The SMILES string of the molecule is CC[C@@]1([C]=O)CO1. The Bertz CT molecular complexity index is 84.1. The Labute approximate surface area is 42.5 Å². The maximum absolute atomic E-state index is 9.87. The first-order valence-electron chi connectivity index (χ1n) is 2.36. The molecule has 1 fully saturated rings. The number of epoxide rings is 1. The molecular formula is C5H7O2. The van der Waals surface area contributed by atoms with Crippen molar-refractivity contribution in [2.24, 2.45) is 0 Å². The van der Waals surface area contributed by atoms with Gasteiger partial charge in [0, 0.05) is 0 Å². The van der Waals surface area contributed by atoms with Gasteiger partial charge >= 0.3 is 0 Å². The maximum atomic E-state index is 9.87. The molecule has 0 N–H and O–H groups in total. The van der Waals surface area contributed by atoms with Crippen LogP contribution in [0.1, 0.15) is 13.3 Å². The summed E-state index contributed by atoms with van der Waals surface area (Å²) in [5, 5.41) is 0. The van der Waals surface area contributed by atoms with Gasteiger partial charge in [-0.25, -0.2) is 0 Å². The molecule has 0 aromatic carbocycles. The Balaban J connectivity index is 2.42. The van der Waals surface area contributed by atoms with Crippen molar-refractivity contribution in [3.05, 3.63) is 0 Å². The minimum Gasteiger partial charge on any atom is -0.361 e. The Kier molecular flexibility index (Phi) is 0.889. The van der Waals surface area contributed by atoms with Gasteiger partial charge in [0.05, 0.1) is 6.61 Å². The van der Waals surface area contributed by atoms with Crippen LogP contribution in [0.4, 0.5) is 0 Å². The molecule has 1 rings (SSSR count). The highest BCUT2D eigenvalue weighted by molar-refractivity contribution is 5.66. The smallest absolute Gasteiger partial charge is 0.235 e. The standard InChI is InChI=1S/C5H7O2/c1-2-5(3-6)4-7-5/h2,4H2,1H3/t5-/m1/s1. The normalized spacial score (nSPS) is 37.9. The predicted octanol–water partition coefficient (Wildman–Crippen LogP) is 0.275. The molecule has 2 heteroatoms. The van der Waals surface area contributed by atoms with E-state index in [2.05, 4.69) is 0 Å². The number of rotatable bonds is 2. The summed E-state index contributed by atoms with van der Waals surface area (Å²) in [7, 11) is 0. The van der Waals surface area contributed by atoms with Crippen LogP contribution in [-0.4, -0.2) is 18.5 Å². The van der Waals surface area contributed by atoms with Crippen molar-refractivity contribution in [2.75, 3.05) is 6.61 Å². The third-order valence-corrected chi connectivity index (χ3v) is 1.25. The third kappa shape index (κ3) is 0.657. The third-order valence-electron chi connectivity index (χ3n) is 1.25. The van der Waals surface area contributed by atoms with Gasteiger partial charge in [0.2, 0.25) is 6.29 Å². The van der Waals surface area contributed by atoms with E-state index in [-0.39, 0.29) is 0 Å². The van der Waals surface area contributed by atoms with Crippen molar-refractivity contribution < 1.29 is 9.53 Å². The molecule has 0 aromatic heterocycles. The fourth-order valence-corrected chi connectivity index (χ4v) is 0.422. The first-order valence-corrected chi connectivity index (χ1v) is 2.36. The molecular weight excluding hydrogens is 92.1 g/mol. The fourth-order valence-electron chi connectivity index (χ4n) is 0.422.